The second kappa shape index (κ2) is 5.46. The Morgan fingerprint density at radius 3 is 3.00 bits per heavy atom. The Balaban J connectivity index is 1.56. The molecule has 102 valence electrons. The zero-order valence-corrected chi connectivity index (χ0v) is 10.8. The highest BCUT2D eigenvalue weighted by Gasteiger charge is 2.10. The summed E-state index contributed by atoms with van der Waals surface area (Å²) in [4.78, 5) is 6.71. The highest BCUT2D eigenvalue weighted by molar-refractivity contribution is 5.78. The number of nitrogens with two attached hydrogens (primary N) is 1. The second-order valence-electron chi connectivity index (χ2n) is 4.63. The maximum Gasteiger partial charge on any atom is 0.295 e. The minimum Gasteiger partial charge on any atom is -0.424 e. The molecule has 19 heavy (non-hydrogen) atoms. The number of benzene rings is 1. The predicted octanol–water partition coefficient (Wildman–Crippen LogP) is 1.15. The van der Waals surface area contributed by atoms with E-state index in [4.69, 9.17) is 14.9 Å². The standard InChI is InChI=1S/C13H18N4O2/c14-10-1-2-12-11(9-10)16-13(19-12)15-3-4-17-5-7-18-8-6-17/h1-2,9H,3-8,14H2,(H,15,16). The number of nitrogen functional groups attached to an aromatic ring is 1. The first-order valence-corrected chi connectivity index (χ1v) is 6.51. The molecule has 2 heterocycles. The van der Waals surface area contributed by atoms with Crippen LogP contribution < -0.4 is 11.1 Å². The lowest BCUT2D eigenvalue weighted by atomic mass is 10.3. The van der Waals surface area contributed by atoms with E-state index in [0.717, 1.165) is 50.5 Å². The number of aromatic nitrogens is 1. The third kappa shape index (κ3) is 2.97. The van der Waals surface area contributed by atoms with E-state index in [1.165, 1.54) is 0 Å². The maximum atomic E-state index is 5.71. The van der Waals surface area contributed by atoms with E-state index in [-0.39, 0.29) is 0 Å². The van der Waals surface area contributed by atoms with E-state index in [1.54, 1.807) is 0 Å². The molecular weight excluding hydrogens is 244 g/mol. The Hall–Kier alpha value is -1.79. The fourth-order valence-electron chi connectivity index (χ4n) is 2.17. The molecule has 0 atom stereocenters. The van der Waals surface area contributed by atoms with Crippen molar-refractivity contribution < 1.29 is 9.15 Å². The fourth-order valence-corrected chi connectivity index (χ4v) is 2.17. The molecule has 6 nitrogen and oxygen atoms in total. The molecule has 1 aliphatic rings. The largest absolute Gasteiger partial charge is 0.424 e. The van der Waals surface area contributed by atoms with Gasteiger partial charge in [-0.25, -0.2) is 0 Å². The summed E-state index contributed by atoms with van der Waals surface area (Å²) in [5, 5.41) is 3.20. The molecule has 2 aromatic rings. The molecule has 1 fully saturated rings. The molecule has 1 aromatic carbocycles. The van der Waals surface area contributed by atoms with Crippen molar-refractivity contribution in [1.29, 1.82) is 0 Å². The van der Waals surface area contributed by atoms with Gasteiger partial charge in [0.25, 0.3) is 6.01 Å². The molecular formula is C13H18N4O2. The van der Waals surface area contributed by atoms with E-state index in [0.29, 0.717) is 11.7 Å². The van der Waals surface area contributed by atoms with Gasteiger partial charge in [0.05, 0.1) is 13.2 Å². The summed E-state index contributed by atoms with van der Waals surface area (Å²) in [7, 11) is 0. The minimum atomic E-state index is 0.550. The van der Waals surface area contributed by atoms with Gasteiger partial charge in [0.2, 0.25) is 0 Å². The molecule has 0 radical (unpaired) electrons. The first kappa shape index (κ1) is 12.3. The van der Waals surface area contributed by atoms with Gasteiger partial charge in [-0.3, -0.25) is 4.90 Å². The Bertz CT molecular complexity index is 549. The number of morpholine rings is 1. The lowest BCUT2D eigenvalue weighted by Crippen LogP contribution is -2.39. The van der Waals surface area contributed by atoms with Crippen LogP contribution in [0.15, 0.2) is 22.6 Å². The van der Waals surface area contributed by atoms with Crippen molar-refractivity contribution in [1.82, 2.24) is 9.88 Å². The van der Waals surface area contributed by atoms with Gasteiger partial charge in [-0.1, -0.05) is 0 Å². The Morgan fingerprint density at radius 1 is 1.32 bits per heavy atom. The van der Waals surface area contributed by atoms with E-state index in [2.05, 4.69) is 15.2 Å². The number of nitrogens with zero attached hydrogens (tertiary/aromatic N) is 2. The first-order chi connectivity index (χ1) is 9.31. The minimum absolute atomic E-state index is 0.550. The number of ether oxygens (including phenoxy) is 1. The van der Waals surface area contributed by atoms with E-state index >= 15 is 0 Å². The lowest BCUT2D eigenvalue weighted by molar-refractivity contribution is 0.0398. The first-order valence-electron chi connectivity index (χ1n) is 6.51. The average molecular weight is 262 g/mol. The van der Waals surface area contributed by atoms with Gasteiger partial charge in [-0.05, 0) is 18.2 Å². The van der Waals surface area contributed by atoms with Crippen molar-refractivity contribution in [2.75, 3.05) is 50.4 Å². The van der Waals surface area contributed by atoms with Gasteiger partial charge in [-0.15, -0.1) is 0 Å². The van der Waals surface area contributed by atoms with Gasteiger partial charge in [0.1, 0.15) is 5.52 Å². The van der Waals surface area contributed by atoms with E-state index in [1.807, 2.05) is 18.2 Å². The molecule has 3 N–H and O–H groups in total. The molecule has 3 rings (SSSR count). The normalized spacial score (nSPS) is 16.8. The van der Waals surface area contributed by atoms with Crippen LogP contribution in [0.2, 0.25) is 0 Å². The van der Waals surface area contributed by atoms with Crippen LogP contribution in [0, 0.1) is 0 Å². The highest BCUT2D eigenvalue weighted by Crippen LogP contribution is 2.20. The van der Waals surface area contributed by atoms with Crippen molar-refractivity contribution in [2.45, 2.75) is 0 Å². The van der Waals surface area contributed by atoms with Crippen LogP contribution in [0.1, 0.15) is 0 Å². The van der Waals surface area contributed by atoms with Gasteiger partial charge in [-0.2, -0.15) is 4.98 Å². The van der Waals surface area contributed by atoms with Crippen molar-refractivity contribution in [3.63, 3.8) is 0 Å². The summed E-state index contributed by atoms with van der Waals surface area (Å²) >= 11 is 0. The fraction of sp³-hybridized carbons (Fsp3) is 0.462. The number of oxazole rings is 1. The monoisotopic (exact) mass is 262 g/mol. The van der Waals surface area contributed by atoms with E-state index < -0.39 is 0 Å². The predicted molar refractivity (Wildman–Crippen MR) is 74.2 cm³/mol. The summed E-state index contributed by atoms with van der Waals surface area (Å²) in [5.41, 5.74) is 7.94. The molecule has 1 aromatic heterocycles. The summed E-state index contributed by atoms with van der Waals surface area (Å²) in [5.74, 6) is 0. The van der Waals surface area contributed by atoms with Crippen molar-refractivity contribution >= 4 is 22.8 Å². The smallest absolute Gasteiger partial charge is 0.295 e. The van der Waals surface area contributed by atoms with Crippen molar-refractivity contribution in [3.05, 3.63) is 18.2 Å². The summed E-state index contributed by atoms with van der Waals surface area (Å²) < 4.78 is 10.9. The van der Waals surface area contributed by atoms with Gasteiger partial charge >= 0.3 is 0 Å². The zero-order valence-electron chi connectivity index (χ0n) is 10.8. The van der Waals surface area contributed by atoms with Crippen LogP contribution in [0.3, 0.4) is 0 Å². The van der Waals surface area contributed by atoms with Gasteiger partial charge < -0.3 is 20.2 Å². The van der Waals surface area contributed by atoms with Gasteiger partial charge in [0, 0.05) is 31.9 Å². The molecule has 0 unspecified atom stereocenters. The van der Waals surface area contributed by atoms with Crippen LogP contribution >= 0.6 is 0 Å². The highest BCUT2D eigenvalue weighted by atomic mass is 16.5. The summed E-state index contributed by atoms with van der Waals surface area (Å²) in [6.45, 7) is 5.40. The molecule has 1 saturated heterocycles. The van der Waals surface area contributed by atoms with Gasteiger partial charge in [0.15, 0.2) is 5.58 Å². The van der Waals surface area contributed by atoms with Crippen LogP contribution in [0.5, 0.6) is 0 Å². The number of hydrogen-bond acceptors (Lipinski definition) is 6. The SMILES string of the molecule is Nc1ccc2oc(NCCN3CCOCC3)nc2c1. The zero-order chi connectivity index (χ0) is 13.1. The lowest BCUT2D eigenvalue weighted by Gasteiger charge is -2.26. The number of nitrogens with one attached hydrogen (secondary N) is 1. The average Bonchev–Trinajstić information content (AvgIpc) is 2.82. The molecule has 0 saturated carbocycles. The third-order valence-corrected chi connectivity index (χ3v) is 3.22. The van der Waals surface area contributed by atoms with Crippen molar-refractivity contribution in [3.8, 4) is 0 Å². The number of hydrogen-bond donors (Lipinski definition) is 2. The molecule has 0 bridgehead atoms. The topological polar surface area (TPSA) is 76.5 Å². The molecule has 1 aliphatic heterocycles. The molecule has 6 heteroatoms. The van der Waals surface area contributed by atoms with Crippen LogP contribution in [0.25, 0.3) is 11.1 Å². The van der Waals surface area contributed by atoms with E-state index in [9.17, 15) is 0 Å². The Labute approximate surface area is 111 Å². The summed E-state index contributed by atoms with van der Waals surface area (Å²) in [6, 6.07) is 6.01. The molecule has 0 aliphatic carbocycles. The number of fused-ring (bicyclic) bond motifs is 1. The second-order valence-corrected chi connectivity index (χ2v) is 4.63. The number of anilines is 2. The van der Waals surface area contributed by atoms with Crippen molar-refractivity contribution in [2.24, 2.45) is 0 Å². The Morgan fingerprint density at radius 2 is 2.16 bits per heavy atom. The van der Waals surface area contributed by atoms with Crippen LogP contribution in [0.4, 0.5) is 11.7 Å². The maximum absolute atomic E-state index is 5.71. The van der Waals surface area contributed by atoms with Crippen LogP contribution in [-0.2, 0) is 4.74 Å². The molecule has 0 spiro atoms. The third-order valence-electron chi connectivity index (χ3n) is 3.22. The quantitative estimate of drug-likeness (QED) is 0.805. The summed E-state index contributed by atoms with van der Waals surface area (Å²) in [6.07, 6.45) is 0. The number of rotatable bonds is 4. The Kier molecular flexibility index (Phi) is 3.52. The van der Waals surface area contributed by atoms with Crippen LogP contribution in [-0.4, -0.2) is 49.3 Å². The molecule has 0 amide bonds.